The summed E-state index contributed by atoms with van der Waals surface area (Å²) < 4.78 is 6.70. The Labute approximate surface area is 131 Å². The first-order valence-electron chi connectivity index (χ1n) is 6.50. The van der Waals surface area contributed by atoms with Gasteiger partial charge >= 0.3 is 0 Å². The number of fused-ring (bicyclic) bond motifs is 1. The van der Waals surface area contributed by atoms with Gasteiger partial charge in [0.25, 0.3) is 0 Å². The molecule has 102 valence electrons. The SMILES string of the molecule is O=C(Nc1ccccc1I)C1COc2ccccc2C1. The molecule has 1 aliphatic heterocycles. The molecule has 0 aromatic heterocycles. The van der Waals surface area contributed by atoms with Crippen LogP contribution in [0.15, 0.2) is 48.5 Å². The zero-order valence-electron chi connectivity index (χ0n) is 10.8. The molecule has 0 aliphatic carbocycles. The molecule has 1 atom stereocenters. The molecule has 1 N–H and O–H groups in total. The monoisotopic (exact) mass is 379 g/mol. The van der Waals surface area contributed by atoms with Crippen LogP contribution in [-0.4, -0.2) is 12.5 Å². The first-order valence-corrected chi connectivity index (χ1v) is 7.58. The van der Waals surface area contributed by atoms with Crippen LogP contribution < -0.4 is 10.1 Å². The van der Waals surface area contributed by atoms with E-state index in [4.69, 9.17) is 4.74 Å². The second kappa shape index (κ2) is 5.83. The number of hydrogen-bond acceptors (Lipinski definition) is 2. The normalized spacial score (nSPS) is 16.9. The number of halogens is 1. The number of para-hydroxylation sites is 2. The zero-order chi connectivity index (χ0) is 13.9. The van der Waals surface area contributed by atoms with Gasteiger partial charge in [0.1, 0.15) is 12.4 Å². The molecule has 0 spiro atoms. The number of benzene rings is 2. The topological polar surface area (TPSA) is 38.3 Å². The van der Waals surface area contributed by atoms with Crippen molar-refractivity contribution in [1.82, 2.24) is 0 Å². The summed E-state index contributed by atoms with van der Waals surface area (Å²) in [6.07, 6.45) is 0.728. The van der Waals surface area contributed by atoms with E-state index < -0.39 is 0 Å². The summed E-state index contributed by atoms with van der Waals surface area (Å²) in [7, 11) is 0. The maximum atomic E-state index is 12.3. The van der Waals surface area contributed by atoms with E-state index in [0.717, 1.165) is 27.0 Å². The number of nitrogens with one attached hydrogen (secondary N) is 1. The summed E-state index contributed by atoms with van der Waals surface area (Å²) in [6.45, 7) is 0.437. The van der Waals surface area contributed by atoms with Gasteiger partial charge in [0.05, 0.1) is 11.6 Å². The summed E-state index contributed by atoms with van der Waals surface area (Å²) in [5.41, 5.74) is 1.96. The van der Waals surface area contributed by atoms with E-state index in [1.54, 1.807) is 0 Å². The Bertz CT molecular complexity index is 642. The van der Waals surface area contributed by atoms with Gasteiger partial charge in [-0.2, -0.15) is 0 Å². The Morgan fingerprint density at radius 2 is 1.90 bits per heavy atom. The average molecular weight is 379 g/mol. The molecule has 0 fully saturated rings. The molecule has 1 unspecified atom stereocenters. The van der Waals surface area contributed by atoms with Crippen molar-refractivity contribution < 1.29 is 9.53 Å². The maximum Gasteiger partial charge on any atom is 0.231 e. The third kappa shape index (κ3) is 2.80. The van der Waals surface area contributed by atoms with Crippen molar-refractivity contribution in [3.63, 3.8) is 0 Å². The Kier molecular flexibility index (Phi) is 3.91. The third-order valence-corrected chi connectivity index (χ3v) is 4.32. The lowest BCUT2D eigenvalue weighted by Gasteiger charge is -2.24. The Morgan fingerprint density at radius 1 is 1.15 bits per heavy atom. The van der Waals surface area contributed by atoms with Crippen LogP contribution in [0.25, 0.3) is 0 Å². The Morgan fingerprint density at radius 3 is 2.75 bits per heavy atom. The first kappa shape index (κ1) is 13.4. The number of carbonyl (C=O) groups is 1. The standard InChI is InChI=1S/C16H14INO2/c17-13-6-2-3-7-14(13)18-16(19)12-9-11-5-1-4-8-15(11)20-10-12/h1-8,12H,9-10H2,(H,18,19). The molecular weight excluding hydrogens is 365 g/mol. The van der Waals surface area contributed by atoms with Crippen molar-refractivity contribution in [3.05, 3.63) is 57.7 Å². The molecule has 20 heavy (non-hydrogen) atoms. The highest BCUT2D eigenvalue weighted by Gasteiger charge is 2.26. The minimum atomic E-state index is -0.138. The zero-order valence-corrected chi connectivity index (χ0v) is 13.0. The van der Waals surface area contributed by atoms with E-state index in [0.29, 0.717) is 6.61 Å². The van der Waals surface area contributed by atoms with Crippen molar-refractivity contribution in [2.75, 3.05) is 11.9 Å². The number of rotatable bonds is 2. The molecule has 0 saturated heterocycles. The predicted molar refractivity (Wildman–Crippen MR) is 86.9 cm³/mol. The molecule has 1 heterocycles. The summed E-state index contributed by atoms with van der Waals surface area (Å²) in [4.78, 5) is 12.3. The summed E-state index contributed by atoms with van der Waals surface area (Å²) in [5, 5.41) is 2.98. The van der Waals surface area contributed by atoms with E-state index in [9.17, 15) is 4.79 Å². The molecule has 4 heteroatoms. The predicted octanol–water partition coefficient (Wildman–Crippen LogP) is 3.48. The van der Waals surface area contributed by atoms with Crippen LogP contribution in [0, 0.1) is 9.49 Å². The van der Waals surface area contributed by atoms with Crippen molar-refractivity contribution in [3.8, 4) is 5.75 Å². The lowest BCUT2D eigenvalue weighted by molar-refractivity contribution is -0.121. The van der Waals surface area contributed by atoms with Crippen molar-refractivity contribution in [2.45, 2.75) is 6.42 Å². The second-order valence-corrected chi connectivity index (χ2v) is 5.95. The second-order valence-electron chi connectivity index (χ2n) is 4.79. The minimum Gasteiger partial charge on any atom is -0.492 e. The molecular formula is C16H14INO2. The average Bonchev–Trinajstić information content (AvgIpc) is 2.49. The number of carbonyl (C=O) groups excluding carboxylic acids is 1. The molecule has 0 radical (unpaired) electrons. The van der Waals surface area contributed by atoms with Gasteiger partial charge in [-0.25, -0.2) is 0 Å². The summed E-state index contributed by atoms with van der Waals surface area (Å²) in [6, 6.07) is 15.7. The van der Waals surface area contributed by atoms with E-state index >= 15 is 0 Å². The largest absolute Gasteiger partial charge is 0.492 e. The lowest BCUT2D eigenvalue weighted by Crippen LogP contribution is -2.32. The van der Waals surface area contributed by atoms with E-state index in [1.807, 2.05) is 48.5 Å². The smallest absolute Gasteiger partial charge is 0.231 e. The van der Waals surface area contributed by atoms with Crippen LogP contribution in [0.2, 0.25) is 0 Å². The summed E-state index contributed by atoms with van der Waals surface area (Å²) >= 11 is 2.22. The van der Waals surface area contributed by atoms with Gasteiger partial charge in [-0.05, 0) is 52.8 Å². The number of ether oxygens (including phenoxy) is 1. The van der Waals surface area contributed by atoms with Crippen molar-refractivity contribution in [1.29, 1.82) is 0 Å². The van der Waals surface area contributed by atoms with Crippen molar-refractivity contribution >= 4 is 34.2 Å². The van der Waals surface area contributed by atoms with Crippen LogP contribution in [0.1, 0.15) is 5.56 Å². The lowest BCUT2D eigenvalue weighted by atomic mass is 9.96. The van der Waals surface area contributed by atoms with Gasteiger partial charge in [0, 0.05) is 3.57 Å². The number of anilines is 1. The Balaban J connectivity index is 1.72. The van der Waals surface area contributed by atoms with Crippen molar-refractivity contribution in [2.24, 2.45) is 5.92 Å². The molecule has 2 aromatic rings. The van der Waals surface area contributed by atoms with Gasteiger partial charge < -0.3 is 10.1 Å². The van der Waals surface area contributed by atoms with E-state index in [2.05, 4.69) is 27.9 Å². The molecule has 1 amide bonds. The molecule has 0 saturated carbocycles. The highest BCUT2D eigenvalue weighted by molar-refractivity contribution is 14.1. The van der Waals surface area contributed by atoms with Crippen LogP contribution in [0.3, 0.4) is 0 Å². The fourth-order valence-corrected chi connectivity index (χ4v) is 2.82. The van der Waals surface area contributed by atoms with Gasteiger partial charge in [0.2, 0.25) is 5.91 Å². The van der Waals surface area contributed by atoms with E-state index in [1.165, 1.54) is 0 Å². The quantitative estimate of drug-likeness (QED) is 0.812. The first-order chi connectivity index (χ1) is 9.74. The molecule has 3 nitrogen and oxygen atoms in total. The Hall–Kier alpha value is -1.56. The molecule has 3 rings (SSSR count). The number of hydrogen-bond donors (Lipinski definition) is 1. The highest BCUT2D eigenvalue weighted by atomic mass is 127. The minimum absolute atomic E-state index is 0.0172. The van der Waals surface area contributed by atoms with Crippen LogP contribution >= 0.6 is 22.6 Å². The van der Waals surface area contributed by atoms with Gasteiger partial charge in [-0.3, -0.25) is 4.79 Å². The fourth-order valence-electron chi connectivity index (χ4n) is 2.29. The van der Waals surface area contributed by atoms with E-state index in [-0.39, 0.29) is 11.8 Å². The third-order valence-electron chi connectivity index (χ3n) is 3.38. The van der Waals surface area contributed by atoms with Gasteiger partial charge in [-0.15, -0.1) is 0 Å². The van der Waals surface area contributed by atoms with Crippen LogP contribution in [0.5, 0.6) is 5.75 Å². The van der Waals surface area contributed by atoms with Gasteiger partial charge in [-0.1, -0.05) is 30.3 Å². The fraction of sp³-hybridized carbons (Fsp3) is 0.188. The molecule has 1 aliphatic rings. The molecule has 2 aromatic carbocycles. The maximum absolute atomic E-state index is 12.3. The number of amides is 1. The molecule has 0 bridgehead atoms. The van der Waals surface area contributed by atoms with Gasteiger partial charge in [0.15, 0.2) is 0 Å². The van der Waals surface area contributed by atoms with Crippen LogP contribution in [0.4, 0.5) is 5.69 Å². The summed E-state index contributed by atoms with van der Waals surface area (Å²) in [5.74, 6) is 0.773. The van der Waals surface area contributed by atoms with Crippen LogP contribution in [-0.2, 0) is 11.2 Å². The highest BCUT2D eigenvalue weighted by Crippen LogP contribution is 2.27.